The first-order chi connectivity index (χ1) is 16.3. The third-order valence-electron chi connectivity index (χ3n) is 5.34. The first-order valence-corrected chi connectivity index (χ1v) is 10.7. The highest BCUT2D eigenvalue weighted by molar-refractivity contribution is 5.72. The van der Waals surface area contributed by atoms with Crippen LogP contribution >= 0.6 is 0 Å². The number of aromatic nitrogens is 3. The predicted octanol–water partition coefficient (Wildman–Crippen LogP) is 6.19. The van der Waals surface area contributed by atoms with Crippen molar-refractivity contribution in [2.45, 2.75) is 6.61 Å². The van der Waals surface area contributed by atoms with Gasteiger partial charge in [-0.25, -0.2) is 9.67 Å². The van der Waals surface area contributed by atoms with Gasteiger partial charge in [0.2, 0.25) is 0 Å². The van der Waals surface area contributed by atoms with Crippen LogP contribution in [0.25, 0.3) is 28.3 Å². The monoisotopic (exact) mass is 433 g/mol. The van der Waals surface area contributed by atoms with Gasteiger partial charge >= 0.3 is 0 Å². The number of benzene rings is 3. The first-order valence-electron chi connectivity index (χ1n) is 10.7. The molecule has 2 heterocycles. The Morgan fingerprint density at radius 2 is 1.48 bits per heavy atom. The average Bonchev–Trinajstić information content (AvgIpc) is 3.35. The fourth-order valence-electron chi connectivity index (χ4n) is 3.67. The van der Waals surface area contributed by atoms with E-state index >= 15 is 0 Å². The van der Waals surface area contributed by atoms with Crippen molar-refractivity contribution in [2.24, 2.45) is 0 Å². The Balaban J connectivity index is 1.53. The minimum Gasteiger partial charge on any atom is -0.493 e. The number of pyridine rings is 1. The van der Waals surface area contributed by atoms with Crippen LogP contribution in [0.4, 0.5) is 0 Å². The van der Waals surface area contributed by atoms with Gasteiger partial charge in [0.15, 0.2) is 17.3 Å². The lowest BCUT2D eigenvalue weighted by atomic mass is 10.1. The second-order valence-electron chi connectivity index (χ2n) is 7.52. The fraction of sp³-hybridized carbons (Fsp3) is 0.0714. The summed E-state index contributed by atoms with van der Waals surface area (Å²) in [5.74, 6) is 2.11. The molecule has 0 aliphatic rings. The summed E-state index contributed by atoms with van der Waals surface area (Å²) in [5, 5.41) is 4.86. The van der Waals surface area contributed by atoms with Gasteiger partial charge in [-0.2, -0.15) is 5.10 Å². The van der Waals surface area contributed by atoms with Crippen molar-refractivity contribution in [1.82, 2.24) is 14.8 Å². The van der Waals surface area contributed by atoms with Gasteiger partial charge in [-0.3, -0.25) is 0 Å². The standard InChI is InChI=1S/C28H23N3O2/c1-32-27-18-23(15-16-26(27)33-20-21-10-4-2-5-11-21)25-19-24(22-12-6-3-7-13-22)30-31(25)28-14-8-9-17-29-28/h2-19H,20H2,1H3. The Bertz CT molecular complexity index is 1330. The molecule has 0 fully saturated rings. The van der Waals surface area contributed by atoms with Crippen LogP contribution in [0.2, 0.25) is 0 Å². The molecule has 0 N–H and O–H groups in total. The van der Waals surface area contributed by atoms with E-state index in [-0.39, 0.29) is 0 Å². The number of nitrogens with zero attached hydrogens (tertiary/aromatic N) is 3. The molecule has 0 saturated carbocycles. The Morgan fingerprint density at radius 3 is 2.21 bits per heavy atom. The molecule has 0 aliphatic heterocycles. The minimum atomic E-state index is 0.473. The quantitative estimate of drug-likeness (QED) is 0.307. The maximum absolute atomic E-state index is 6.03. The van der Waals surface area contributed by atoms with Gasteiger partial charge in [0.25, 0.3) is 0 Å². The van der Waals surface area contributed by atoms with Crippen molar-refractivity contribution < 1.29 is 9.47 Å². The van der Waals surface area contributed by atoms with Crippen molar-refractivity contribution in [3.05, 3.63) is 115 Å². The van der Waals surface area contributed by atoms with Crippen molar-refractivity contribution >= 4 is 0 Å². The fourth-order valence-corrected chi connectivity index (χ4v) is 3.67. The third-order valence-corrected chi connectivity index (χ3v) is 5.34. The second kappa shape index (κ2) is 9.40. The molecule has 0 spiro atoms. The third kappa shape index (κ3) is 4.48. The second-order valence-corrected chi connectivity index (χ2v) is 7.52. The molecule has 5 heteroatoms. The summed E-state index contributed by atoms with van der Waals surface area (Å²) >= 11 is 0. The highest BCUT2D eigenvalue weighted by atomic mass is 16.5. The summed E-state index contributed by atoms with van der Waals surface area (Å²) in [4.78, 5) is 4.51. The Kier molecular flexibility index (Phi) is 5.85. The summed E-state index contributed by atoms with van der Waals surface area (Å²) in [6.07, 6.45) is 1.77. The Labute approximate surface area is 192 Å². The molecule has 0 atom stereocenters. The molecule has 0 aliphatic carbocycles. The number of hydrogen-bond donors (Lipinski definition) is 0. The summed E-state index contributed by atoms with van der Waals surface area (Å²) in [5.41, 5.74) is 4.90. The van der Waals surface area contributed by atoms with E-state index in [1.54, 1.807) is 13.3 Å². The van der Waals surface area contributed by atoms with Crippen LogP contribution in [-0.4, -0.2) is 21.9 Å². The van der Waals surface area contributed by atoms with Crippen LogP contribution in [0.15, 0.2) is 109 Å². The van der Waals surface area contributed by atoms with Crippen LogP contribution < -0.4 is 9.47 Å². The molecule has 162 valence electrons. The molecule has 3 aromatic carbocycles. The van der Waals surface area contributed by atoms with Crippen molar-refractivity contribution in [2.75, 3.05) is 7.11 Å². The molecule has 5 aromatic rings. The van der Waals surface area contributed by atoms with Crippen LogP contribution in [0.1, 0.15) is 5.56 Å². The van der Waals surface area contributed by atoms with Crippen LogP contribution in [-0.2, 0) is 6.61 Å². The van der Waals surface area contributed by atoms with Crippen molar-refractivity contribution in [3.8, 4) is 39.8 Å². The number of hydrogen-bond acceptors (Lipinski definition) is 4. The maximum atomic E-state index is 6.03. The lowest BCUT2D eigenvalue weighted by Gasteiger charge is -2.13. The molecular weight excluding hydrogens is 410 g/mol. The molecule has 0 unspecified atom stereocenters. The van der Waals surface area contributed by atoms with Crippen LogP contribution in [0.3, 0.4) is 0 Å². The van der Waals surface area contributed by atoms with E-state index in [2.05, 4.69) is 23.2 Å². The predicted molar refractivity (Wildman–Crippen MR) is 130 cm³/mol. The van der Waals surface area contributed by atoms with E-state index in [1.807, 2.05) is 89.6 Å². The first kappa shape index (κ1) is 20.5. The summed E-state index contributed by atoms with van der Waals surface area (Å²) < 4.78 is 13.6. The lowest BCUT2D eigenvalue weighted by Crippen LogP contribution is -2.02. The number of methoxy groups -OCH3 is 1. The molecule has 2 aromatic heterocycles. The van der Waals surface area contributed by atoms with E-state index in [9.17, 15) is 0 Å². The maximum Gasteiger partial charge on any atom is 0.161 e. The van der Waals surface area contributed by atoms with Crippen LogP contribution in [0.5, 0.6) is 11.5 Å². The Morgan fingerprint density at radius 1 is 0.727 bits per heavy atom. The minimum absolute atomic E-state index is 0.473. The topological polar surface area (TPSA) is 49.2 Å². The van der Waals surface area contributed by atoms with Gasteiger partial charge in [-0.1, -0.05) is 66.7 Å². The molecule has 5 rings (SSSR count). The van der Waals surface area contributed by atoms with E-state index in [0.29, 0.717) is 18.1 Å². The highest BCUT2D eigenvalue weighted by Crippen LogP contribution is 2.35. The zero-order valence-electron chi connectivity index (χ0n) is 18.3. The van der Waals surface area contributed by atoms with Gasteiger partial charge in [0, 0.05) is 17.3 Å². The number of rotatable bonds is 7. The highest BCUT2D eigenvalue weighted by Gasteiger charge is 2.16. The summed E-state index contributed by atoms with van der Waals surface area (Å²) in [6, 6.07) is 34.0. The summed E-state index contributed by atoms with van der Waals surface area (Å²) in [7, 11) is 1.65. The zero-order valence-corrected chi connectivity index (χ0v) is 18.3. The number of ether oxygens (including phenoxy) is 2. The largest absolute Gasteiger partial charge is 0.493 e. The van der Waals surface area contributed by atoms with Crippen molar-refractivity contribution in [1.29, 1.82) is 0 Å². The summed E-state index contributed by atoms with van der Waals surface area (Å²) in [6.45, 7) is 0.473. The molecule has 0 saturated heterocycles. The van der Waals surface area contributed by atoms with E-state index < -0.39 is 0 Å². The van der Waals surface area contributed by atoms with E-state index in [0.717, 1.165) is 33.9 Å². The lowest BCUT2D eigenvalue weighted by molar-refractivity contribution is 0.284. The molecule has 0 amide bonds. The Hall–Kier alpha value is -4.38. The van der Waals surface area contributed by atoms with E-state index in [4.69, 9.17) is 14.6 Å². The zero-order chi connectivity index (χ0) is 22.5. The van der Waals surface area contributed by atoms with Gasteiger partial charge in [-0.15, -0.1) is 0 Å². The van der Waals surface area contributed by atoms with E-state index in [1.165, 1.54) is 0 Å². The molecule has 5 nitrogen and oxygen atoms in total. The normalized spacial score (nSPS) is 10.7. The van der Waals surface area contributed by atoms with Gasteiger partial charge in [0.05, 0.1) is 18.5 Å². The molecule has 33 heavy (non-hydrogen) atoms. The van der Waals surface area contributed by atoms with Gasteiger partial charge in [-0.05, 0) is 42.0 Å². The smallest absolute Gasteiger partial charge is 0.161 e. The van der Waals surface area contributed by atoms with Crippen LogP contribution in [0, 0.1) is 0 Å². The van der Waals surface area contributed by atoms with Gasteiger partial charge < -0.3 is 9.47 Å². The SMILES string of the molecule is COc1cc(-c2cc(-c3ccccc3)nn2-c2ccccn2)ccc1OCc1ccccc1. The van der Waals surface area contributed by atoms with Crippen molar-refractivity contribution in [3.63, 3.8) is 0 Å². The molecular formula is C28H23N3O2. The van der Waals surface area contributed by atoms with Gasteiger partial charge in [0.1, 0.15) is 6.61 Å². The molecule has 0 radical (unpaired) electrons. The average molecular weight is 434 g/mol. The molecule has 0 bridgehead atoms.